The van der Waals surface area contributed by atoms with Gasteiger partial charge in [-0.1, -0.05) is 0 Å². The Hall–Kier alpha value is -2.78. The lowest BCUT2D eigenvalue weighted by Crippen LogP contribution is -2.57. The topological polar surface area (TPSA) is 217 Å². The lowest BCUT2D eigenvalue weighted by atomic mass is 10.1. The van der Waals surface area contributed by atoms with Crippen LogP contribution in [0, 0.1) is 0 Å². The number of hydrogen-bond acceptors (Lipinski definition) is 9. The van der Waals surface area contributed by atoms with Gasteiger partial charge in [0, 0.05) is 24.7 Å². The van der Waals surface area contributed by atoms with Crippen molar-refractivity contribution >= 4 is 53.2 Å². The van der Waals surface area contributed by atoms with Gasteiger partial charge in [0.1, 0.15) is 18.1 Å². The van der Waals surface area contributed by atoms with Crippen LogP contribution < -0.4 is 21.7 Å². The van der Waals surface area contributed by atoms with Crippen LogP contribution in [0.2, 0.25) is 0 Å². The summed E-state index contributed by atoms with van der Waals surface area (Å²) >= 11 is 2.92. The van der Waals surface area contributed by atoms with E-state index in [-0.39, 0.29) is 19.3 Å². The molecule has 0 spiro atoms. The van der Waals surface area contributed by atoms with E-state index in [2.05, 4.69) is 25.9 Å². The van der Waals surface area contributed by atoms with Crippen molar-refractivity contribution in [1.29, 1.82) is 0 Å². The molecule has 0 aromatic carbocycles. The molecule has 15 heteroatoms. The summed E-state index contributed by atoms with van der Waals surface area (Å²) in [4.78, 5) is 67.9. The predicted molar refractivity (Wildman–Crippen MR) is 137 cm³/mol. The SMILES string of the molecule is CSCCC(N)C(=O)NC(Cc1cnc[nH]1)C(=O)NC(CCC(=O)O)C(=O)NC(CCSC)C(=O)O. The third-order valence-corrected chi connectivity index (χ3v) is 6.37. The molecule has 4 atom stereocenters. The Bertz CT molecular complexity index is 871. The number of amides is 3. The average molecular weight is 547 g/mol. The van der Waals surface area contributed by atoms with Gasteiger partial charge in [-0.25, -0.2) is 9.78 Å². The van der Waals surface area contributed by atoms with Crippen molar-refractivity contribution in [3.8, 4) is 0 Å². The average Bonchev–Trinajstić information content (AvgIpc) is 3.34. The van der Waals surface area contributed by atoms with Gasteiger partial charge in [-0.05, 0) is 43.3 Å². The second kappa shape index (κ2) is 16.8. The third-order valence-electron chi connectivity index (χ3n) is 5.09. The fourth-order valence-electron chi connectivity index (χ4n) is 3.05. The second-order valence-corrected chi connectivity index (χ2v) is 9.88. The third kappa shape index (κ3) is 11.8. The molecule has 1 rings (SSSR count). The maximum Gasteiger partial charge on any atom is 0.326 e. The van der Waals surface area contributed by atoms with Crippen LogP contribution in [0.5, 0.6) is 0 Å². The van der Waals surface area contributed by atoms with E-state index in [9.17, 15) is 29.1 Å². The van der Waals surface area contributed by atoms with E-state index in [1.54, 1.807) is 6.26 Å². The molecule has 36 heavy (non-hydrogen) atoms. The molecule has 0 saturated carbocycles. The van der Waals surface area contributed by atoms with E-state index in [1.807, 2.05) is 6.26 Å². The first-order chi connectivity index (χ1) is 17.1. The number of carbonyl (C=O) groups is 5. The molecule has 3 amide bonds. The molecule has 0 saturated heterocycles. The zero-order chi connectivity index (χ0) is 27.1. The number of thioether (sulfide) groups is 2. The zero-order valence-corrected chi connectivity index (χ0v) is 21.8. The van der Waals surface area contributed by atoms with Crippen LogP contribution in [0.3, 0.4) is 0 Å². The Kier molecular flexibility index (Phi) is 14.6. The Balaban J connectivity index is 3.04. The van der Waals surface area contributed by atoms with Crippen molar-refractivity contribution < 1.29 is 34.2 Å². The van der Waals surface area contributed by atoms with E-state index >= 15 is 0 Å². The maximum atomic E-state index is 13.1. The molecule has 0 aliphatic heterocycles. The summed E-state index contributed by atoms with van der Waals surface area (Å²) in [5.74, 6) is -3.47. The number of hydrogen-bond donors (Lipinski definition) is 7. The van der Waals surface area contributed by atoms with Crippen molar-refractivity contribution in [2.24, 2.45) is 5.73 Å². The second-order valence-electron chi connectivity index (χ2n) is 7.90. The van der Waals surface area contributed by atoms with Gasteiger partial charge in [-0.3, -0.25) is 19.2 Å². The van der Waals surface area contributed by atoms with Crippen molar-refractivity contribution in [2.45, 2.75) is 56.3 Å². The Morgan fingerprint density at radius 1 is 0.917 bits per heavy atom. The normalized spacial score (nSPS) is 14.2. The highest BCUT2D eigenvalue weighted by Gasteiger charge is 2.31. The van der Waals surface area contributed by atoms with Gasteiger partial charge in [0.2, 0.25) is 17.7 Å². The van der Waals surface area contributed by atoms with Gasteiger partial charge in [0.25, 0.3) is 0 Å². The molecule has 0 aliphatic carbocycles. The van der Waals surface area contributed by atoms with Gasteiger partial charge in [0.15, 0.2) is 0 Å². The number of H-pyrrole nitrogens is 1. The van der Waals surface area contributed by atoms with Crippen LogP contribution in [0.4, 0.5) is 0 Å². The number of aromatic amines is 1. The van der Waals surface area contributed by atoms with Crippen LogP contribution in [-0.2, 0) is 30.4 Å². The first-order valence-corrected chi connectivity index (χ1v) is 13.9. The highest BCUT2D eigenvalue weighted by Crippen LogP contribution is 2.07. The molecule has 1 aromatic rings. The summed E-state index contributed by atoms with van der Waals surface area (Å²) in [7, 11) is 0. The molecule has 13 nitrogen and oxygen atoms in total. The van der Waals surface area contributed by atoms with Crippen molar-refractivity contribution in [3.05, 3.63) is 18.2 Å². The number of carboxylic acids is 2. The van der Waals surface area contributed by atoms with E-state index < -0.39 is 60.2 Å². The van der Waals surface area contributed by atoms with E-state index in [0.29, 0.717) is 23.6 Å². The summed E-state index contributed by atoms with van der Waals surface area (Å²) in [6.07, 6.45) is 6.35. The molecule has 0 aliphatic rings. The van der Waals surface area contributed by atoms with Crippen LogP contribution >= 0.6 is 23.5 Å². The molecule has 8 N–H and O–H groups in total. The van der Waals surface area contributed by atoms with Crippen molar-refractivity contribution in [2.75, 3.05) is 24.0 Å². The summed E-state index contributed by atoms with van der Waals surface area (Å²) in [6, 6.07) is -4.54. The molecular weight excluding hydrogens is 512 g/mol. The fourth-order valence-corrected chi connectivity index (χ4v) is 4.02. The fraction of sp³-hybridized carbons (Fsp3) is 0.619. The number of aromatic nitrogens is 2. The minimum absolute atomic E-state index is 0.00552. The number of rotatable bonds is 18. The Morgan fingerprint density at radius 2 is 1.50 bits per heavy atom. The van der Waals surface area contributed by atoms with Crippen LogP contribution in [-0.4, -0.2) is 98.0 Å². The van der Waals surface area contributed by atoms with Crippen LogP contribution in [0.25, 0.3) is 0 Å². The first kappa shape index (κ1) is 31.3. The van der Waals surface area contributed by atoms with E-state index in [1.165, 1.54) is 36.0 Å². The maximum absolute atomic E-state index is 13.1. The molecule has 0 fully saturated rings. The molecule has 0 radical (unpaired) electrons. The summed E-state index contributed by atoms with van der Waals surface area (Å²) in [6.45, 7) is 0. The molecule has 202 valence electrons. The summed E-state index contributed by atoms with van der Waals surface area (Å²) in [5, 5.41) is 25.9. The van der Waals surface area contributed by atoms with Crippen LogP contribution in [0.1, 0.15) is 31.4 Å². The molecule has 4 unspecified atom stereocenters. The highest BCUT2D eigenvalue weighted by molar-refractivity contribution is 7.98. The summed E-state index contributed by atoms with van der Waals surface area (Å²) < 4.78 is 0. The van der Waals surface area contributed by atoms with Gasteiger partial charge >= 0.3 is 11.9 Å². The minimum atomic E-state index is -1.34. The Morgan fingerprint density at radius 3 is 2.06 bits per heavy atom. The van der Waals surface area contributed by atoms with Gasteiger partial charge in [0.05, 0.1) is 12.4 Å². The largest absolute Gasteiger partial charge is 0.481 e. The van der Waals surface area contributed by atoms with Crippen molar-refractivity contribution in [1.82, 2.24) is 25.9 Å². The lowest BCUT2D eigenvalue weighted by molar-refractivity contribution is -0.143. The molecular formula is C21H34N6O7S2. The lowest BCUT2D eigenvalue weighted by Gasteiger charge is -2.25. The minimum Gasteiger partial charge on any atom is -0.481 e. The number of aliphatic carboxylic acids is 2. The molecule has 1 heterocycles. The van der Waals surface area contributed by atoms with Gasteiger partial charge in [-0.15, -0.1) is 0 Å². The van der Waals surface area contributed by atoms with Gasteiger partial charge in [-0.2, -0.15) is 23.5 Å². The highest BCUT2D eigenvalue weighted by atomic mass is 32.2. The van der Waals surface area contributed by atoms with Crippen molar-refractivity contribution in [3.63, 3.8) is 0 Å². The Labute approximate surface area is 217 Å². The summed E-state index contributed by atoms with van der Waals surface area (Å²) in [5.41, 5.74) is 6.44. The smallest absolute Gasteiger partial charge is 0.326 e. The first-order valence-electron chi connectivity index (χ1n) is 11.1. The van der Waals surface area contributed by atoms with E-state index in [0.717, 1.165) is 0 Å². The monoisotopic (exact) mass is 546 g/mol. The number of carboxylic acid groups (broad SMARTS) is 2. The molecule has 0 bridgehead atoms. The number of imidazole rings is 1. The zero-order valence-electron chi connectivity index (χ0n) is 20.2. The number of carbonyl (C=O) groups excluding carboxylic acids is 3. The quantitative estimate of drug-likeness (QED) is 0.121. The van der Waals surface area contributed by atoms with E-state index in [4.69, 9.17) is 10.8 Å². The number of nitrogens with one attached hydrogen (secondary N) is 4. The van der Waals surface area contributed by atoms with Gasteiger partial charge < -0.3 is 36.9 Å². The van der Waals surface area contributed by atoms with Crippen LogP contribution in [0.15, 0.2) is 12.5 Å². The predicted octanol–water partition coefficient (Wildman–Crippen LogP) is -0.810. The molecule has 1 aromatic heterocycles. The number of nitrogens with two attached hydrogens (primary N) is 1. The number of nitrogens with zero attached hydrogens (tertiary/aromatic N) is 1. The standard InChI is InChI=1S/C21H34N6O7S2/c1-35-7-5-13(22)18(30)27-16(9-12-10-23-11-24-12)20(32)25-14(3-4-17(28)29)19(31)26-15(21(33)34)6-8-36-2/h10-11,13-16H,3-9,22H2,1-2H3,(H,23,24)(H,25,32)(H,26,31)(H,27,30)(H,28,29)(H,33,34).